The highest BCUT2D eigenvalue weighted by molar-refractivity contribution is 5.05. The monoisotopic (exact) mass is 227 g/mol. The van der Waals surface area contributed by atoms with E-state index in [0.717, 1.165) is 6.54 Å². The van der Waals surface area contributed by atoms with E-state index in [-0.39, 0.29) is 5.60 Å². The first-order valence-corrected chi connectivity index (χ1v) is 6.74. The van der Waals surface area contributed by atoms with Crippen LogP contribution in [0.4, 0.5) is 0 Å². The van der Waals surface area contributed by atoms with E-state index in [2.05, 4.69) is 46.9 Å². The average Bonchev–Trinajstić information content (AvgIpc) is 2.19. The minimum Gasteiger partial charge on any atom is -0.372 e. The van der Waals surface area contributed by atoms with Crippen LogP contribution < -0.4 is 5.32 Å². The summed E-state index contributed by atoms with van der Waals surface area (Å²) in [5.74, 6) is 0. The van der Waals surface area contributed by atoms with Crippen LogP contribution in [0.15, 0.2) is 0 Å². The van der Waals surface area contributed by atoms with Gasteiger partial charge in [-0.1, -0.05) is 20.8 Å². The molecule has 1 rings (SSSR count). The van der Waals surface area contributed by atoms with Gasteiger partial charge in [0.05, 0.1) is 11.7 Å². The smallest absolute Gasteiger partial charge is 0.0665 e. The summed E-state index contributed by atoms with van der Waals surface area (Å²) in [5.41, 5.74) is 0.305. The van der Waals surface area contributed by atoms with Crippen molar-refractivity contribution in [1.29, 1.82) is 0 Å². The quantitative estimate of drug-likeness (QED) is 0.777. The maximum absolute atomic E-state index is 6.15. The molecule has 1 fully saturated rings. The Bertz CT molecular complexity index is 221. The van der Waals surface area contributed by atoms with Gasteiger partial charge in [0.15, 0.2) is 0 Å². The minimum absolute atomic E-state index is 0.0170. The summed E-state index contributed by atoms with van der Waals surface area (Å²) in [6.45, 7) is 14.4. The molecule has 0 spiro atoms. The van der Waals surface area contributed by atoms with E-state index in [0.29, 0.717) is 17.6 Å². The van der Waals surface area contributed by atoms with Crippen molar-refractivity contribution >= 4 is 0 Å². The van der Waals surface area contributed by atoms with Crippen LogP contribution in [0.25, 0.3) is 0 Å². The largest absolute Gasteiger partial charge is 0.372 e. The molecule has 0 aromatic rings. The van der Waals surface area contributed by atoms with E-state index in [9.17, 15) is 0 Å². The molecule has 96 valence electrons. The van der Waals surface area contributed by atoms with Gasteiger partial charge in [-0.2, -0.15) is 0 Å². The summed E-state index contributed by atoms with van der Waals surface area (Å²) in [6, 6.07) is 0.643. The molecule has 16 heavy (non-hydrogen) atoms. The van der Waals surface area contributed by atoms with E-state index in [1.54, 1.807) is 0 Å². The van der Waals surface area contributed by atoms with E-state index in [1.165, 1.54) is 19.3 Å². The van der Waals surface area contributed by atoms with Crippen molar-refractivity contribution in [3.05, 3.63) is 0 Å². The first-order valence-electron chi connectivity index (χ1n) is 6.74. The van der Waals surface area contributed by atoms with Crippen LogP contribution in [0.3, 0.4) is 0 Å². The molecule has 0 radical (unpaired) electrons. The lowest BCUT2D eigenvalue weighted by molar-refractivity contribution is -0.180. The van der Waals surface area contributed by atoms with Crippen LogP contribution in [-0.4, -0.2) is 24.3 Å². The predicted molar refractivity (Wildman–Crippen MR) is 69.7 cm³/mol. The lowest BCUT2D eigenvalue weighted by Crippen LogP contribution is -2.63. The summed E-state index contributed by atoms with van der Waals surface area (Å²) in [6.07, 6.45) is 3.99. The standard InChI is InChI=1S/C14H29NO/c1-7-9-15-11-10-12(14(11,6)8-2)16-13(3,4)5/h11-12,15H,7-10H2,1-6H3. The third-order valence-electron chi connectivity index (χ3n) is 3.88. The number of ether oxygens (including phenoxy) is 1. The Balaban J connectivity index is 2.52. The van der Waals surface area contributed by atoms with Gasteiger partial charge in [0, 0.05) is 11.5 Å². The predicted octanol–water partition coefficient (Wildman–Crippen LogP) is 3.36. The maximum atomic E-state index is 6.15. The summed E-state index contributed by atoms with van der Waals surface area (Å²) >= 11 is 0. The van der Waals surface area contributed by atoms with Crippen molar-refractivity contribution in [1.82, 2.24) is 5.32 Å². The summed E-state index contributed by atoms with van der Waals surface area (Å²) in [7, 11) is 0. The van der Waals surface area contributed by atoms with Crippen molar-refractivity contribution in [2.45, 2.75) is 78.6 Å². The zero-order chi connectivity index (χ0) is 12.4. The first-order chi connectivity index (χ1) is 7.33. The van der Waals surface area contributed by atoms with Gasteiger partial charge in [0.25, 0.3) is 0 Å². The Hall–Kier alpha value is -0.0800. The number of hydrogen-bond donors (Lipinski definition) is 1. The highest BCUT2D eigenvalue weighted by atomic mass is 16.5. The van der Waals surface area contributed by atoms with Crippen molar-refractivity contribution in [3.8, 4) is 0 Å². The van der Waals surface area contributed by atoms with Crippen LogP contribution in [0.2, 0.25) is 0 Å². The molecular formula is C14H29NO. The van der Waals surface area contributed by atoms with Crippen molar-refractivity contribution < 1.29 is 4.74 Å². The summed E-state index contributed by atoms with van der Waals surface area (Å²) in [5, 5.41) is 3.65. The highest BCUT2D eigenvalue weighted by Crippen LogP contribution is 2.47. The Kier molecular flexibility index (Phi) is 4.42. The fourth-order valence-electron chi connectivity index (χ4n) is 2.54. The van der Waals surface area contributed by atoms with Crippen LogP contribution in [0.5, 0.6) is 0 Å². The number of nitrogens with one attached hydrogen (secondary N) is 1. The third kappa shape index (κ3) is 2.98. The molecule has 0 heterocycles. The molecule has 3 atom stereocenters. The highest BCUT2D eigenvalue weighted by Gasteiger charge is 2.51. The third-order valence-corrected chi connectivity index (χ3v) is 3.88. The van der Waals surface area contributed by atoms with Gasteiger partial charge in [-0.3, -0.25) is 0 Å². The minimum atomic E-state index is -0.0170. The molecule has 0 amide bonds. The molecule has 0 aliphatic heterocycles. The lowest BCUT2D eigenvalue weighted by Gasteiger charge is -2.55. The molecule has 0 saturated heterocycles. The SMILES string of the molecule is CCCNC1CC(OC(C)(C)C)C1(C)CC. The molecule has 0 aromatic carbocycles. The molecule has 1 aliphatic rings. The zero-order valence-electron chi connectivity index (χ0n) is 11.9. The molecule has 2 heteroatoms. The van der Waals surface area contributed by atoms with E-state index < -0.39 is 0 Å². The topological polar surface area (TPSA) is 21.3 Å². The second-order valence-corrected chi connectivity index (χ2v) is 6.32. The van der Waals surface area contributed by atoms with Crippen molar-refractivity contribution in [3.63, 3.8) is 0 Å². The molecule has 3 unspecified atom stereocenters. The van der Waals surface area contributed by atoms with E-state index in [4.69, 9.17) is 4.74 Å². The van der Waals surface area contributed by atoms with Gasteiger partial charge in [-0.25, -0.2) is 0 Å². The molecule has 0 bridgehead atoms. The number of rotatable bonds is 5. The van der Waals surface area contributed by atoms with E-state index >= 15 is 0 Å². The lowest BCUT2D eigenvalue weighted by atomic mass is 9.61. The molecular weight excluding hydrogens is 198 g/mol. The van der Waals surface area contributed by atoms with Gasteiger partial charge in [-0.15, -0.1) is 0 Å². The number of hydrogen-bond acceptors (Lipinski definition) is 2. The normalized spacial score (nSPS) is 34.9. The molecule has 1 N–H and O–H groups in total. The molecule has 1 saturated carbocycles. The van der Waals surface area contributed by atoms with Gasteiger partial charge in [-0.05, 0) is 46.6 Å². The van der Waals surface area contributed by atoms with Gasteiger partial charge in [0.1, 0.15) is 0 Å². The second kappa shape index (κ2) is 5.05. The zero-order valence-corrected chi connectivity index (χ0v) is 11.9. The van der Waals surface area contributed by atoms with Gasteiger partial charge < -0.3 is 10.1 Å². The molecule has 1 aliphatic carbocycles. The molecule has 0 aromatic heterocycles. The second-order valence-electron chi connectivity index (χ2n) is 6.32. The van der Waals surface area contributed by atoms with Crippen LogP contribution in [0.1, 0.15) is 60.8 Å². The van der Waals surface area contributed by atoms with Gasteiger partial charge in [0.2, 0.25) is 0 Å². The Morgan fingerprint density at radius 3 is 2.38 bits per heavy atom. The summed E-state index contributed by atoms with van der Waals surface area (Å²) in [4.78, 5) is 0. The Morgan fingerprint density at radius 1 is 1.31 bits per heavy atom. The fourth-order valence-corrected chi connectivity index (χ4v) is 2.54. The Morgan fingerprint density at radius 2 is 1.94 bits per heavy atom. The van der Waals surface area contributed by atoms with Gasteiger partial charge >= 0.3 is 0 Å². The van der Waals surface area contributed by atoms with Crippen LogP contribution in [0, 0.1) is 5.41 Å². The maximum Gasteiger partial charge on any atom is 0.0665 e. The van der Waals surface area contributed by atoms with E-state index in [1.807, 2.05) is 0 Å². The van der Waals surface area contributed by atoms with Crippen molar-refractivity contribution in [2.24, 2.45) is 5.41 Å². The average molecular weight is 227 g/mol. The Labute approximate surface area is 101 Å². The first kappa shape index (κ1) is 14.0. The van der Waals surface area contributed by atoms with Crippen LogP contribution >= 0.6 is 0 Å². The van der Waals surface area contributed by atoms with Crippen molar-refractivity contribution in [2.75, 3.05) is 6.54 Å². The molecule has 2 nitrogen and oxygen atoms in total. The van der Waals surface area contributed by atoms with Crippen LogP contribution in [-0.2, 0) is 4.74 Å². The fraction of sp³-hybridized carbons (Fsp3) is 1.00. The summed E-state index contributed by atoms with van der Waals surface area (Å²) < 4.78 is 6.15.